The van der Waals surface area contributed by atoms with Gasteiger partial charge in [-0.2, -0.15) is 4.98 Å². The van der Waals surface area contributed by atoms with Crippen molar-refractivity contribution in [1.82, 2.24) is 14.8 Å². The van der Waals surface area contributed by atoms with E-state index in [2.05, 4.69) is 25.4 Å². The van der Waals surface area contributed by atoms with Crippen LogP contribution in [0.3, 0.4) is 0 Å². The first-order valence-electron chi connectivity index (χ1n) is 11.1. The van der Waals surface area contributed by atoms with Gasteiger partial charge in [-0.25, -0.2) is 17.8 Å². The number of hydrogen-bond donors (Lipinski definition) is 3. The fourth-order valence-electron chi connectivity index (χ4n) is 3.83. The van der Waals surface area contributed by atoms with Gasteiger partial charge >= 0.3 is 0 Å². The number of anilines is 3. The highest BCUT2D eigenvalue weighted by atomic mass is 35.5. The maximum absolute atomic E-state index is 13.0. The molecule has 0 saturated carbocycles. The van der Waals surface area contributed by atoms with E-state index < -0.39 is 10.0 Å². The van der Waals surface area contributed by atoms with Gasteiger partial charge in [0.05, 0.1) is 4.90 Å². The summed E-state index contributed by atoms with van der Waals surface area (Å²) in [5.74, 6) is 0.0000990. The highest BCUT2D eigenvalue weighted by Gasteiger charge is 2.27. The van der Waals surface area contributed by atoms with Crippen molar-refractivity contribution in [2.75, 3.05) is 15.4 Å². The van der Waals surface area contributed by atoms with Crippen LogP contribution in [0.1, 0.15) is 24.1 Å². The average molecular weight is 555 g/mol. The molecule has 37 heavy (non-hydrogen) atoms. The Balaban J connectivity index is 1.47. The topological polar surface area (TPSA) is 118 Å². The Morgan fingerprint density at radius 2 is 1.57 bits per heavy atom. The summed E-state index contributed by atoms with van der Waals surface area (Å²) in [7, 11) is -3.99. The molecule has 0 saturated heterocycles. The Labute approximate surface area is 223 Å². The third-order valence-corrected chi connectivity index (χ3v) is 7.39. The molecule has 9 nitrogen and oxygen atoms in total. The molecule has 1 aliphatic rings. The number of sulfonamides is 1. The quantitative estimate of drug-likeness (QED) is 0.293. The Bertz CT molecular complexity index is 1600. The lowest BCUT2D eigenvalue weighted by Gasteiger charge is -2.24. The lowest BCUT2D eigenvalue weighted by atomic mass is 10.0. The van der Waals surface area contributed by atoms with E-state index in [9.17, 15) is 13.2 Å². The zero-order valence-electron chi connectivity index (χ0n) is 19.3. The summed E-state index contributed by atoms with van der Waals surface area (Å²) in [6.45, 7) is 1.37. The third kappa shape index (κ3) is 5.46. The van der Waals surface area contributed by atoms with Crippen LogP contribution in [0.4, 0.5) is 17.6 Å². The number of hydrogen-bond acceptors (Lipinski definition) is 6. The Kier molecular flexibility index (Phi) is 6.63. The number of nitrogens with one attached hydrogen (secondary N) is 3. The maximum Gasteiger partial charge on any atom is 0.264 e. The molecule has 2 heterocycles. The molecule has 188 valence electrons. The summed E-state index contributed by atoms with van der Waals surface area (Å²) >= 11 is 12.1. The summed E-state index contributed by atoms with van der Waals surface area (Å²) in [4.78, 5) is 15.6. The molecule has 1 aliphatic heterocycles. The smallest absolute Gasteiger partial charge is 0.264 e. The Hall–Kier alpha value is -3.86. The monoisotopic (exact) mass is 554 g/mol. The number of benzene rings is 3. The fraction of sp³-hybridized carbons (Fsp3) is 0.0800. The van der Waals surface area contributed by atoms with Crippen molar-refractivity contribution in [1.29, 1.82) is 0 Å². The van der Waals surface area contributed by atoms with Gasteiger partial charge in [-0.15, -0.1) is 5.10 Å². The normalized spacial score (nSPS) is 14.8. The van der Waals surface area contributed by atoms with Crippen molar-refractivity contribution in [3.63, 3.8) is 0 Å². The van der Waals surface area contributed by atoms with Crippen LogP contribution in [0.2, 0.25) is 10.0 Å². The number of halogens is 2. The van der Waals surface area contributed by atoms with Gasteiger partial charge < -0.3 is 10.6 Å². The van der Waals surface area contributed by atoms with E-state index in [-0.39, 0.29) is 22.8 Å². The van der Waals surface area contributed by atoms with Crippen molar-refractivity contribution in [3.8, 4) is 0 Å². The molecule has 1 amide bonds. The summed E-state index contributed by atoms with van der Waals surface area (Å²) in [5, 5.41) is 11.5. The second-order valence-electron chi connectivity index (χ2n) is 8.22. The molecule has 3 aromatic carbocycles. The second kappa shape index (κ2) is 9.89. The minimum absolute atomic E-state index is 0.00318. The van der Waals surface area contributed by atoms with Crippen LogP contribution < -0.4 is 15.4 Å². The SMILES string of the molecule is CC(=O)Nc1ccc(S(=O)(=O)Nc2nc3n(n2)C(c2ccc(Cl)cc2)C=C(c2ccc(Cl)cc2)N3)cc1. The molecule has 0 aliphatic carbocycles. The zero-order chi connectivity index (χ0) is 26.2. The van der Waals surface area contributed by atoms with Crippen molar-refractivity contribution in [2.24, 2.45) is 0 Å². The Morgan fingerprint density at radius 1 is 0.946 bits per heavy atom. The fourth-order valence-corrected chi connectivity index (χ4v) is 5.02. The third-order valence-electron chi connectivity index (χ3n) is 5.54. The summed E-state index contributed by atoms with van der Waals surface area (Å²) < 4.78 is 30.0. The van der Waals surface area contributed by atoms with Crippen LogP contribution in [0.15, 0.2) is 83.8 Å². The first kappa shape index (κ1) is 24.8. The maximum atomic E-state index is 13.0. The molecule has 12 heteroatoms. The number of amides is 1. The van der Waals surface area contributed by atoms with Gasteiger partial charge in [0.1, 0.15) is 6.04 Å². The average Bonchev–Trinajstić information content (AvgIpc) is 3.26. The Morgan fingerprint density at radius 3 is 2.19 bits per heavy atom. The molecule has 0 fully saturated rings. The number of aromatic nitrogens is 3. The van der Waals surface area contributed by atoms with Crippen molar-refractivity contribution < 1.29 is 13.2 Å². The van der Waals surface area contributed by atoms with E-state index in [0.29, 0.717) is 21.7 Å². The largest absolute Gasteiger partial charge is 0.326 e. The lowest BCUT2D eigenvalue weighted by molar-refractivity contribution is -0.114. The van der Waals surface area contributed by atoms with Crippen LogP contribution in [0.5, 0.6) is 0 Å². The van der Waals surface area contributed by atoms with E-state index in [1.54, 1.807) is 28.9 Å². The minimum Gasteiger partial charge on any atom is -0.326 e. The van der Waals surface area contributed by atoms with Crippen molar-refractivity contribution in [2.45, 2.75) is 17.9 Å². The number of allylic oxidation sites excluding steroid dienone is 1. The van der Waals surface area contributed by atoms with Crippen molar-refractivity contribution >= 4 is 62.4 Å². The van der Waals surface area contributed by atoms with Crippen molar-refractivity contribution in [3.05, 3.63) is 100 Å². The predicted octanol–water partition coefficient (Wildman–Crippen LogP) is 5.40. The van der Waals surface area contributed by atoms with Gasteiger partial charge in [0.15, 0.2) is 0 Å². The number of carbonyl (C=O) groups is 1. The molecule has 5 rings (SSSR count). The molecule has 1 aromatic heterocycles. The standard InChI is InChI=1S/C25H20Cl2N6O3S/c1-15(34)28-20-10-12-21(13-11-20)37(35,36)32-24-30-25-29-22(16-2-6-18(26)7-3-16)14-23(33(25)31-24)17-4-8-19(27)9-5-17/h2-14,23H,1H3,(H,28,34)(H2,29,30,31,32). The van der Waals surface area contributed by atoms with E-state index >= 15 is 0 Å². The highest BCUT2D eigenvalue weighted by Crippen LogP contribution is 2.34. The van der Waals surface area contributed by atoms with Crippen LogP contribution in [-0.4, -0.2) is 29.1 Å². The lowest BCUT2D eigenvalue weighted by Crippen LogP contribution is -2.20. The first-order valence-corrected chi connectivity index (χ1v) is 13.3. The number of rotatable bonds is 6. The second-order valence-corrected chi connectivity index (χ2v) is 10.8. The molecule has 0 bridgehead atoms. The van der Waals surface area contributed by atoms with Crippen LogP contribution >= 0.6 is 23.2 Å². The minimum atomic E-state index is -3.99. The van der Waals surface area contributed by atoms with Gasteiger partial charge in [-0.1, -0.05) is 47.5 Å². The molecule has 1 unspecified atom stereocenters. The van der Waals surface area contributed by atoms with Gasteiger partial charge in [0.25, 0.3) is 16.0 Å². The number of nitrogens with zero attached hydrogens (tertiary/aromatic N) is 3. The summed E-state index contributed by atoms with van der Waals surface area (Å²) in [6, 6.07) is 20.0. The predicted molar refractivity (Wildman–Crippen MR) is 144 cm³/mol. The van der Waals surface area contributed by atoms with Gasteiger partial charge in [0, 0.05) is 28.4 Å². The molecule has 4 aromatic rings. The number of fused-ring (bicyclic) bond motifs is 1. The van der Waals surface area contributed by atoms with Gasteiger partial charge in [-0.05, 0) is 65.7 Å². The van der Waals surface area contributed by atoms with E-state index in [4.69, 9.17) is 23.2 Å². The summed E-state index contributed by atoms with van der Waals surface area (Å²) in [6.07, 6.45) is 1.97. The van der Waals surface area contributed by atoms with E-state index in [0.717, 1.165) is 16.8 Å². The van der Waals surface area contributed by atoms with Crippen LogP contribution in [-0.2, 0) is 14.8 Å². The summed E-state index contributed by atoms with van der Waals surface area (Å²) in [5.41, 5.74) is 3.00. The zero-order valence-corrected chi connectivity index (χ0v) is 21.6. The first-order chi connectivity index (χ1) is 17.7. The van der Waals surface area contributed by atoms with Gasteiger partial charge in [0.2, 0.25) is 11.9 Å². The van der Waals surface area contributed by atoms with E-state index in [1.807, 2.05) is 30.3 Å². The van der Waals surface area contributed by atoms with Crippen LogP contribution in [0, 0.1) is 0 Å². The van der Waals surface area contributed by atoms with Gasteiger partial charge in [-0.3, -0.25) is 4.79 Å². The van der Waals surface area contributed by atoms with E-state index in [1.165, 1.54) is 31.2 Å². The number of carbonyl (C=O) groups excluding carboxylic acids is 1. The molecular weight excluding hydrogens is 535 g/mol. The molecule has 0 spiro atoms. The molecule has 1 atom stereocenters. The highest BCUT2D eigenvalue weighted by molar-refractivity contribution is 7.92. The molecular formula is C25H20Cl2N6O3S. The van der Waals surface area contributed by atoms with Crippen LogP contribution in [0.25, 0.3) is 5.70 Å². The molecule has 3 N–H and O–H groups in total. The molecule has 0 radical (unpaired) electrons.